The molecule has 0 bridgehead atoms. The first-order valence-electron chi connectivity index (χ1n) is 4.39. The van der Waals surface area contributed by atoms with Crippen molar-refractivity contribution < 1.29 is 14.2 Å². The quantitative estimate of drug-likeness (QED) is 0.839. The van der Waals surface area contributed by atoms with Gasteiger partial charge in [-0.3, -0.25) is 0 Å². The van der Waals surface area contributed by atoms with Crippen LogP contribution in [0.15, 0.2) is 18.2 Å². The number of rotatable bonds is 4. The van der Waals surface area contributed by atoms with Crippen LogP contribution >= 0.6 is 12.4 Å². The van der Waals surface area contributed by atoms with E-state index in [2.05, 4.69) is 5.32 Å². The van der Waals surface area contributed by atoms with Crippen LogP contribution in [0, 0.1) is 5.82 Å². The van der Waals surface area contributed by atoms with E-state index in [1.54, 1.807) is 19.1 Å². The van der Waals surface area contributed by atoms with E-state index < -0.39 is 6.10 Å². The van der Waals surface area contributed by atoms with Crippen LogP contribution in [-0.2, 0) is 0 Å². The highest BCUT2D eigenvalue weighted by molar-refractivity contribution is 5.85. The van der Waals surface area contributed by atoms with Gasteiger partial charge in [-0.05, 0) is 19.1 Å². The fourth-order valence-electron chi connectivity index (χ4n) is 1.02. The monoisotopic (exact) mass is 235 g/mol. The van der Waals surface area contributed by atoms with Crippen molar-refractivity contribution in [1.82, 2.24) is 0 Å². The Morgan fingerprint density at radius 1 is 1.53 bits per heavy atom. The Kier molecular flexibility index (Phi) is 6.05. The zero-order chi connectivity index (χ0) is 10.6. The topological polar surface area (TPSA) is 41.5 Å². The van der Waals surface area contributed by atoms with Crippen LogP contribution in [0.2, 0.25) is 0 Å². The lowest BCUT2D eigenvalue weighted by Crippen LogP contribution is -2.15. The van der Waals surface area contributed by atoms with Gasteiger partial charge in [0.15, 0.2) is 0 Å². The van der Waals surface area contributed by atoms with Crippen molar-refractivity contribution >= 4 is 18.1 Å². The number of aliphatic hydroxyl groups excluding tert-OH is 1. The third kappa shape index (κ3) is 4.36. The Morgan fingerprint density at radius 2 is 2.20 bits per heavy atom. The van der Waals surface area contributed by atoms with Crippen molar-refractivity contribution in [3.63, 3.8) is 0 Å². The maximum atomic E-state index is 13.3. The third-order valence-electron chi connectivity index (χ3n) is 1.76. The minimum atomic E-state index is -0.503. The van der Waals surface area contributed by atoms with Gasteiger partial charge in [0, 0.05) is 12.6 Å². The number of hydrogen-bond acceptors (Lipinski definition) is 3. The first-order chi connectivity index (χ1) is 6.63. The number of aliphatic hydroxyl groups is 1. The summed E-state index contributed by atoms with van der Waals surface area (Å²) in [6, 6.07) is 4.54. The van der Waals surface area contributed by atoms with Crippen LogP contribution in [0.25, 0.3) is 0 Å². The highest BCUT2D eigenvalue weighted by atomic mass is 35.5. The van der Waals surface area contributed by atoms with Crippen LogP contribution in [0.1, 0.15) is 6.92 Å². The average Bonchev–Trinajstić information content (AvgIpc) is 2.15. The fraction of sp³-hybridized carbons (Fsp3) is 0.400. The molecule has 0 aliphatic heterocycles. The smallest absolute Gasteiger partial charge is 0.149 e. The first-order valence-corrected chi connectivity index (χ1v) is 4.39. The van der Waals surface area contributed by atoms with Crippen molar-refractivity contribution in [2.45, 2.75) is 13.0 Å². The molecule has 2 N–H and O–H groups in total. The molecule has 0 aromatic heterocycles. The fourth-order valence-corrected chi connectivity index (χ4v) is 1.02. The van der Waals surface area contributed by atoms with E-state index >= 15 is 0 Å². The number of hydrogen-bond donors (Lipinski definition) is 2. The van der Waals surface area contributed by atoms with Crippen LogP contribution in [0.3, 0.4) is 0 Å². The van der Waals surface area contributed by atoms with Gasteiger partial charge in [-0.1, -0.05) is 0 Å². The molecular weight excluding hydrogens is 221 g/mol. The second kappa shape index (κ2) is 6.48. The molecule has 0 saturated heterocycles. The lowest BCUT2D eigenvalue weighted by Gasteiger charge is -2.09. The van der Waals surface area contributed by atoms with Gasteiger partial charge in [-0.15, -0.1) is 12.4 Å². The molecule has 86 valence electrons. The van der Waals surface area contributed by atoms with Gasteiger partial charge < -0.3 is 15.2 Å². The van der Waals surface area contributed by atoms with E-state index in [1.165, 1.54) is 13.2 Å². The van der Waals surface area contributed by atoms with Crippen molar-refractivity contribution in [2.24, 2.45) is 0 Å². The molecule has 0 saturated carbocycles. The summed E-state index contributed by atoms with van der Waals surface area (Å²) in [6.45, 7) is 1.96. The Bertz CT molecular complexity index is 307. The van der Waals surface area contributed by atoms with E-state index in [4.69, 9.17) is 9.84 Å². The normalized spacial score (nSPS) is 11.5. The number of anilines is 1. The molecule has 1 rings (SSSR count). The molecule has 1 unspecified atom stereocenters. The highest BCUT2D eigenvalue weighted by Gasteiger charge is 2.04. The van der Waals surface area contributed by atoms with Gasteiger partial charge in [0.05, 0.1) is 18.9 Å². The molecular formula is C10H15ClFNO2. The lowest BCUT2D eigenvalue weighted by molar-refractivity contribution is 0.208. The van der Waals surface area contributed by atoms with Crippen molar-refractivity contribution in [2.75, 3.05) is 19.0 Å². The Balaban J connectivity index is 0.00000196. The standard InChI is InChI=1S/C10H14FNO2.ClH/c1-7(13)6-12-10-4-3-8(14-2)5-9(10)11;/h3-5,7,12-13H,6H2,1-2H3;1H. The molecule has 0 aliphatic rings. The van der Waals surface area contributed by atoms with Crippen LogP contribution in [0.5, 0.6) is 5.75 Å². The summed E-state index contributed by atoms with van der Waals surface area (Å²) in [6.07, 6.45) is -0.503. The second-order valence-electron chi connectivity index (χ2n) is 3.08. The van der Waals surface area contributed by atoms with Crippen molar-refractivity contribution in [3.05, 3.63) is 24.0 Å². The molecule has 0 amide bonds. The summed E-state index contributed by atoms with van der Waals surface area (Å²) in [4.78, 5) is 0. The summed E-state index contributed by atoms with van der Waals surface area (Å²) < 4.78 is 18.1. The zero-order valence-electron chi connectivity index (χ0n) is 8.66. The third-order valence-corrected chi connectivity index (χ3v) is 1.76. The molecule has 1 aromatic rings. The highest BCUT2D eigenvalue weighted by Crippen LogP contribution is 2.19. The zero-order valence-corrected chi connectivity index (χ0v) is 9.47. The van der Waals surface area contributed by atoms with E-state index in [0.717, 1.165) is 0 Å². The van der Waals surface area contributed by atoms with Crippen LogP contribution < -0.4 is 10.1 Å². The predicted octanol–water partition coefficient (Wildman–Crippen LogP) is 2.05. The van der Waals surface area contributed by atoms with Crippen LogP contribution in [-0.4, -0.2) is 24.9 Å². The van der Waals surface area contributed by atoms with Gasteiger partial charge in [0.25, 0.3) is 0 Å². The number of methoxy groups -OCH3 is 1. The SMILES string of the molecule is COc1ccc(NCC(C)O)c(F)c1.Cl. The van der Waals surface area contributed by atoms with E-state index in [1.807, 2.05) is 0 Å². The molecule has 3 nitrogen and oxygen atoms in total. The first kappa shape index (κ1) is 14.0. The second-order valence-corrected chi connectivity index (χ2v) is 3.08. The average molecular weight is 236 g/mol. The molecule has 1 aromatic carbocycles. The Labute approximate surface area is 94.7 Å². The van der Waals surface area contributed by atoms with Gasteiger partial charge in [0.2, 0.25) is 0 Å². The predicted molar refractivity (Wildman–Crippen MR) is 60.4 cm³/mol. The molecule has 0 aliphatic carbocycles. The molecule has 15 heavy (non-hydrogen) atoms. The van der Waals surface area contributed by atoms with Gasteiger partial charge in [-0.2, -0.15) is 0 Å². The number of ether oxygens (including phenoxy) is 1. The largest absolute Gasteiger partial charge is 0.497 e. The summed E-state index contributed by atoms with van der Waals surface area (Å²) in [7, 11) is 1.48. The van der Waals surface area contributed by atoms with Gasteiger partial charge in [-0.25, -0.2) is 4.39 Å². The minimum absolute atomic E-state index is 0. The van der Waals surface area contributed by atoms with E-state index in [-0.39, 0.29) is 18.2 Å². The molecule has 0 fully saturated rings. The summed E-state index contributed by atoms with van der Waals surface area (Å²) in [5.41, 5.74) is 0.367. The molecule has 1 atom stereocenters. The van der Waals surface area contributed by atoms with Gasteiger partial charge >= 0.3 is 0 Å². The Morgan fingerprint density at radius 3 is 2.67 bits per heavy atom. The summed E-state index contributed by atoms with van der Waals surface area (Å²) in [5, 5.41) is 11.8. The number of halogens is 2. The molecule has 5 heteroatoms. The molecule has 0 spiro atoms. The molecule has 0 radical (unpaired) electrons. The Hall–Kier alpha value is -1.00. The lowest BCUT2D eigenvalue weighted by atomic mass is 10.2. The number of nitrogens with one attached hydrogen (secondary N) is 1. The van der Waals surface area contributed by atoms with E-state index in [0.29, 0.717) is 18.0 Å². The van der Waals surface area contributed by atoms with Crippen LogP contribution in [0.4, 0.5) is 10.1 Å². The number of benzene rings is 1. The molecule has 0 heterocycles. The minimum Gasteiger partial charge on any atom is -0.497 e. The summed E-state index contributed by atoms with van der Waals surface area (Å²) in [5.74, 6) is 0.0927. The van der Waals surface area contributed by atoms with Gasteiger partial charge in [0.1, 0.15) is 11.6 Å². The van der Waals surface area contributed by atoms with Crippen molar-refractivity contribution in [3.8, 4) is 5.75 Å². The summed E-state index contributed by atoms with van der Waals surface area (Å²) >= 11 is 0. The van der Waals surface area contributed by atoms with Crippen molar-refractivity contribution in [1.29, 1.82) is 0 Å². The maximum absolute atomic E-state index is 13.3. The van der Waals surface area contributed by atoms with E-state index in [9.17, 15) is 4.39 Å². The maximum Gasteiger partial charge on any atom is 0.149 e.